The van der Waals surface area contributed by atoms with Crippen LogP contribution in [0, 0.1) is 0 Å². The SMILES string of the molecule is C=C.Cl.O=CC=O. The fourth-order valence-corrected chi connectivity index (χ4v) is 0. The van der Waals surface area contributed by atoms with Crippen LogP contribution >= 0.6 is 12.4 Å². The highest BCUT2D eigenvalue weighted by Gasteiger charge is 1.47. The van der Waals surface area contributed by atoms with E-state index in [1.807, 2.05) is 0 Å². The first kappa shape index (κ1) is 16.2. The predicted molar refractivity (Wildman–Crippen MR) is 30.6 cm³/mol. The zero-order valence-corrected chi connectivity index (χ0v) is 4.61. The second-order valence-electron chi connectivity index (χ2n) is 0.272. The molecule has 0 amide bonds. The van der Waals surface area contributed by atoms with Crippen molar-refractivity contribution in [1.82, 2.24) is 0 Å². The van der Waals surface area contributed by atoms with Crippen LogP contribution in [0.25, 0.3) is 0 Å². The largest absolute Gasteiger partial charge is 0.295 e. The topological polar surface area (TPSA) is 34.1 Å². The molecule has 0 fully saturated rings. The Labute approximate surface area is 48.6 Å². The zero-order valence-electron chi connectivity index (χ0n) is 3.79. The van der Waals surface area contributed by atoms with Crippen LogP contribution in [0.5, 0.6) is 0 Å². The molecule has 0 unspecified atom stereocenters. The van der Waals surface area contributed by atoms with E-state index >= 15 is 0 Å². The zero-order chi connectivity index (χ0) is 5.41. The van der Waals surface area contributed by atoms with E-state index in [9.17, 15) is 0 Å². The van der Waals surface area contributed by atoms with Crippen molar-refractivity contribution < 1.29 is 9.59 Å². The third-order valence-electron chi connectivity index (χ3n) is 0.0556. The highest BCUT2D eigenvalue weighted by atomic mass is 35.5. The number of carbonyl (C=O) groups excluding carboxylic acids is 2. The van der Waals surface area contributed by atoms with Crippen LogP contribution in [-0.2, 0) is 9.59 Å². The second-order valence-corrected chi connectivity index (χ2v) is 0.272. The molecule has 0 saturated carbocycles. The molecule has 0 saturated heterocycles. The Hall–Kier alpha value is -0.630. The first-order valence-corrected chi connectivity index (χ1v) is 1.30. The number of rotatable bonds is 1. The van der Waals surface area contributed by atoms with Crippen LogP contribution in [0.1, 0.15) is 0 Å². The van der Waals surface area contributed by atoms with Gasteiger partial charge in [-0.3, -0.25) is 9.59 Å². The smallest absolute Gasteiger partial charge is 0.182 e. The summed E-state index contributed by atoms with van der Waals surface area (Å²) in [7, 11) is 0. The minimum absolute atomic E-state index is 0. The molecule has 0 aliphatic rings. The molecular weight excluding hydrogens is 115 g/mol. The Morgan fingerprint density at radius 3 is 1.14 bits per heavy atom. The van der Waals surface area contributed by atoms with Gasteiger partial charge < -0.3 is 0 Å². The molecule has 0 aromatic heterocycles. The average molecular weight is 123 g/mol. The third kappa shape index (κ3) is 445. The van der Waals surface area contributed by atoms with Crippen LogP contribution in [0.2, 0.25) is 0 Å². The number of carbonyl (C=O) groups is 2. The van der Waals surface area contributed by atoms with E-state index in [0.29, 0.717) is 0 Å². The Bertz CT molecular complexity index is 39.0. The molecule has 0 bridgehead atoms. The van der Waals surface area contributed by atoms with Gasteiger partial charge in [-0.25, -0.2) is 0 Å². The van der Waals surface area contributed by atoms with Gasteiger partial charge in [0.2, 0.25) is 0 Å². The maximum absolute atomic E-state index is 8.81. The van der Waals surface area contributed by atoms with Crippen molar-refractivity contribution in [2.75, 3.05) is 0 Å². The van der Waals surface area contributed by atoms with E-state index < -0.39 is 0 Å². The molecule has 42 valence electrons. The second kappa shape index (κ2) is 54.6. The summed E-state index contributed by atoms with van der Waals surface area (Å²) in [4.78, 5) is 17.6. The molecule has 0 aliphatic carbocycles. The summed E-state index contributed by atoms with van der Waals surface area (Å²) in [6.07, 6.45) is 0.389. The van der Waals surface area contributed by atoms with Gasteiger partial charge in [0.1, 0.15) is 0 Å². The summed E-state index contributed by atoms with van der Waals surface area (Å²) in [6.45, 7) is 6.00. The maximum atomic E-state index is 8.81. The summed E-state index contributed by atoms with van der Waals surface area (Å²) >= 11 is 0. The van der Waals surface area contributed by atoms with Crippen LogP contribution < -0.4 is 0 Å². The molecule has 3 heteroatoms. The van der Waals surface area contributed by atoms with Crippen molar-refractivity contribution in [3.8, 4) is 0 Å². The molecule has 0 spiro atoms. The van der Waals surface area contributed by atoms with E-state index in [2.05, 4.69) is 13.2 Å². The van der Waals surface area contributed by atoms with Crippen LogP contribution in [0.15, 0.2) is 13.2 Å². The van der Waals surface area contributed by atoms with E-state index in [-0.39, 0.29) is 25.0 Å². The van der Waals surface area contributed by atoms with E-state index in [4.69, 9.17) is 9.59 Å². The molecular formula is C4H7ClO2. The predicted octanol–water partition coefficient (Wildman–Crippen LogP) is 0.608. The molecule has 2 nitrogen and oxygen atoms in total. The molecule has 0 aromatic rings. The molecule has 0 radical (unpaired) electrons. The molecule has 0 atom stereocenters. The molecule has 0 N–H and O–H groups in total. The minimum atomic E-state index is 0. The number of aldehydes is 2. The van der Waals surface area contributed by atoms with Gasteiger partial charge in [-0.05, 0) is 0 Å². The Balaban J connectivity index is -0.0000000480. The minimum Gasteiger partial charge on any atom is -0.295 e. The van der Waals surface area contributed by atoms with Crippen molar-refractivity contribution in [1.29, 1.82) is 0 Å². The van der Waals surface area contributed by atoms with Gasteiger partial charge >= 0.3 is 0 Å². The summed E-state index contributed by atoms with van der Waals surface area (Å²) in [5.74, 6) is 0. The van der Waals surface area contributed by atoms with Crippen LogP contribution in [-0.4, -0.2) is 12.6 Å². The number of halogens is 1. The molecule has 0 aromatic carbocycles. The molecule has 0 heterocycles. The summed E-state index contributed by atoms with van der Waals surface area (Å²) in [5.41, 5.74) is 0. The lowest BCUT2D eigenvalue weighted by Crippen LogP contribution is -1.62. The fourth-order valence-electron chi connectivity index (χ4n) is 0. The van der Waals surface area contributed by atoms with Gasteiger partial charge in [0.25, 0.3) is 0 Å². The summed E-state index contributed by atoms with van der Waals surface area (Å²) in [6, 6.07) is 0. The van der Waals surface area contributed by atoms with Crippen molar-refractivity contribution in [2.24, 2.45) is 0 Å². The van der Waals surface area contributed by atoms with Gasteiger partial charge in [0.05, 0.1) is 0 Å². The van der Waals surface area contributed by atoms with Gasteiger partial charge in [0.15, 0.2) is 12.6 Å². The molecule has 0 rings (SSSR count). The monoisotopic (exact) mass is 122 g/mol. The van der Waals surface area contributed by atoms with Crippen molar-refractivity contribution in [2.45, 2.75) is 0 Å². The lowest BCUT2D eigenvalue weighted by atomic mass is 10.9. The highest BCUT2D eigenvalue weighted by Crippen LogP contribution is 1.12. The van der Waals surface area contributed by atoms with Gasteiger partial charge in [-0.1, -0.05) is 0 Å². The first-order valence-electron chi connectivity index (χ1n) is 1.30. The first-order chi connectivity index (χ1) is 2.91. The lowest BCUT2D eigenvalue weighted by Gasteiger charge is -1.31. The van der Waals surface area contributed by atoms with Gasteiger partial charge in [0, 0.05) is 0 Å². The van der Waals surface area contributed by atoms with E-state index in [1.165, 1.54) is 0 Å². The van der Waals surface area contributed by atoms with Crippen molar-refractivity contribution >= 4 is 25.0 Å². The molecule has 7 heavy (non-hydrogen) atoms. The summed E-state index contributed by atoms with van der Waals surface area (Å²) < 4.78 is 0. The lowest BCUT2D eigenvalue weighted by molar-refractivity contribution is -0.122. The van der Waals surface area contributed by atoms with E-state index in [0.717, 1.165) is 0 Å². The Kier molecular flexibility index (Phi) is 126. The number of hydrogen-bond donors (Lipinski definition) is 0. The Morgan fingerprint density at radius 1 is 1.00 bits per heavy atom. The third-order valence-corrected chi connectivity index (χ3v) is 0.0556. The molecule has 0 aliphatic heterocycles. The maximum Gasteiger partial charge on any atom is 0.182 e. The van der Waals surface area contributed by atoms with E-state index in [1.54, 1.807) is 0 Å². The Morgan fingerprint density at radius 2 is 1.14 bits per heavy atom. The van der Waals surface area contributed by atoms with Crippen molar-refractivity contribution in [3.05, 3.63) is 13.2 Å². The normalized spacial score (nSPS) is 3.43. The number of hydrogen-bond acceptors (Lipinski definition) is 2. The van der Waals surface area contributed by atoms with Crippen LogP contribution in [0.4, 0.5) is 0 Å². The standard InChI is InChI=1S/C2H2O2.C2H4.ClH/c3-1-2-4;1-2;/h1-2H;1-2H2;1H. The quantitative estimate of drug-likeness (QED) is 0.290. The van der Waals surface area contributed by atoms with Crippen LogP contribution in [0.3, 0.4) is 0 Å². The highest BCUT2D eigenvalue weighted by molar-refractivity contribution is 6.09. The van der Waals surface area contributed by atoms with Gasteiger partial charge in [-0.15, -0.1) is 25.6 Å². The average Bonchev–Trinajstić information content (AvgIpc) is 1.72. The van der Waals surface area contributed by atoms with Gasteiger partial charge in [-0.2, -0.15) is 0 Å². The van der Waals surface area contributed by atoms with Crippen molar-refractivity contribution in [3.63, 3.8) is 0 Å². The summed E-state index contributed by atoms with van der Waals surface area (Å²) in [5, 5.41) is 0. The fraction of sp³-hybridized carbons (Fsp3) is 0.